The number of carbonyl (C=O) groups excluding carboxylic acids is 1. The lowest BCUT2D eigenvalue weighted by atomic mass is 10.1. The Morgan fingerprint density at radius 1 is 1.39 bits per heavy atom. The molecule has 0 unspecified atom stereocenters. The maximum Gasteiger partial charge on any atom is 0.184 e. The lowest BCUT2D eigenvalue weighted by Crippen LogP contribution is -2.23. The van der Waals surface area contributed by atoms with Crippen LogP contribution < -0.4 is 0 Å². The van der Waals surface area contributed by atoms with Crippen LogP contribution in [0.25, 0.3) is 0 Å². The van der Waals surface area contributed by atoms with Crippen molar-refractivity contribution < 1.29 is 4.79 Å². The van der Waals surface area contributed by atoms with E-state index in [0.717, 1.165) is 6.42 Å². The Bertz CT molecular complexity index is 465. The Kier molecular flexibility index (Phi) is 4.15. The van der Waals surface area contributed by atoms with Crippen LogP contribution in [0.5, 0.6) is 0 Å². The van der Waals surface area contributed by atoms with Crippen LogP contribution in [0, 0.1) is 5.92 Å². The first-order chi connectivity index (χ1) is 8.69. The molecule has 0 saturated heterocycles. The SMILES string of the molecule is CC[C@H]1C=CN(CC(=O)c2ccc(Cl)cc2)N=C1. The summed E-state index contributed by atoms with van der Waals surface area (Å²) in [5.74, 6) is 0.412. The number of hydrogen-bond donors (Lipinski definition) is 0. The van der Waals surface area contributed by atoms with Gasteiger partial charge in [-0.15, -0.1) is 0 Å². The number of hydrogen-bond acceptors (Lipinski definition) is 3. The van der Waals surface area contributed by atoms with E-state index in [-0.39, 0.29) is 12.3 Å². The third-order valence-electron chi connectivity index (χ3n) is 2.86. The van der Waals surface area contributed by atoms with Gasteiger partial charge in [-0.3, -0.25) is 9.80 Å². The summed E-state index contributed by atoms with van der Waals surface area (Å²) >= 11 is 5.78. The molecule has 1 aliphatic heterocycles. The largest absolute Gasteiger partial charge is 0.292 e. The molecule has 18 heavy (non-hydrogen) atoms. The Morgan fingerprint density at radius 2 is 2.11 bits per heavy atom. The van der Waals surface area contributed by atoms with E-state index in [4.69, 9.17) is 11.6 Å². The van der Waals surface area contributed by atoms with Gasteiger partial charge >= 0.3 is 0 Å². The summed E-state index contributed by atoms with van der Waals surface area (Å²) < 4.78 is 0. The number of hydrazone groups is 1. The van der Waals surface area contributed by atoms with Crippen molar-refractivity contribution in [3.63, 3.8) is 0 Å². The van der Waals surface area contributed by atoms with Gasteiger partial charge in [-0.25, -0.2) is 0 Å². The van der Waals surface area contributed by atoms with E-state index in [2.05, 4.69) is 18.1 Å². The zero-order chi connectivity index (χ0) is 13.0. The molecule has 1 aromatic carbocycles. The number of carbonyl (C=O) groups is 1. The fraction of sp³-hybridized carbons (Fsp3) is 0.286. The quantitative estimate of drug-likeness (QED) is 0.780. The Labute approximate surface area is 112 Å². The minimum atomic E-state index is 0.0309. The van der Waals surface area contributed by atoms with Crippen LogP contribution in [0.2, 0.25) is 5.02 Å². The summed E-state index contributed by atoms with van der Waals surface area (Å²) in [7, 11) is 0. The smallest absolute Gasteiger partial charge is 0.184 e. The number of halogens is 1. The zero-order valence-electron chi connectivity index (χ0n) is 10.2. The molecule has 1 aliphatic rings. The topological polar surface area (TPSA) is 32.7 Å². The molecule has 0 aromatic heterocycles. The van der Waals surface area contributed by atoms with Crippen molar-refractivity contribution in [3.8, 4) is 0 Å². The number of nitrogens with zero attached hydrogens (tertiary/aromatic N) is 2. The van der Waals surface area contributed by atoms with Crippen LogP contribution >= 0.6 is 11.6 Å². The number of benzene rings is 1. The first-order valence-corrected chi connectivity index (χ1v) is 6.34. The van der Waals surface area contributed by atoms with Crippen LogP contribution in [-0.4, -0.2) is 23.6 Å². The number of allylic oxidation sites excluding steroid dienone is 1. The van der Waals surface area contributed by atoms with Gasteiger partial charge in [0, 0.05) is 28.9 Å². The average molecular weight is 263 g/mol. The lowest BCUT2D eigenvalue weighted by Gasteiger charge is -2.18. The van der Waals surface area contributed by atoms with Gasteiger partial charge in [0.1, 0.15) is 6.54 Å². The molecule has 0 N–H and O–H groups in total. The normalized spacial score (nSPS) is 18.1. The molecule has 4 heteroatoms. The lowest BCUT2D eigenvalue weighted by molar-refractivity contribution is 0.0956. The van der Waals surface area contributed by atoms with Crippen LogP contribution in [0.4, 0.5) is 0 Å². The van der Waals surface area contributed by atoms with Gasteiger partial charge in [0.25, 0.3) is 0 Å². The monoisotopic (exact) mass is 262 g/mol. The van der Waals surface area contributed by atoms with Gasteiger partial charge in [-0.05, 0) is 30.7 Å². The summed E-state index contributed by atoms with van der Waals surface area (Å²) in [5, 5.41) is 6.53. The molecular weight excluding hydrogens is 248 g/mol. The minimum absolute atomic E-state index is 0.0309. The summed E-state index contributed by atoms with van der Waals surface area (Å²) in [6.45, 7) is 2.36. The summed E-state index contributed by atoms with van der Waals surface area (Å²) in [4.78, 5) is 12.0. The van der Waals surface area contributed by atoms with Crippen LogP contribution in [0.15, 0.2) is 41.6 Å². The van der Waals surface area contributed by atoms with Gasteiger partial charge in [0.2, 0.25) is 0 Å². The van der Waals surface area contributed by atoms with Crippen molar-refractivity contribution in [2.24, 2.45) is 11.0 Å². The average Bonchev–Trinajstić information content (AvgIpc) is 2.40. The Morgan fingerprint density at radius 3 is 2.67 bits per heavy atom. The van der Waals surface area contributed by atoms with E-state index in [9.17, 15) is 4.79 Å². The van der Waals surface area contributed by atoms with E-state index in [0.29, 0.717) is 16.5 Å². The highest BCUT2D eigenvalue weighted by atomic mass is 35.5. The predicted molar refractivity (Wildman–Crippen MR) is 73.9 cm³/mol. The predicted octanol–water partition coefficient (Wildman–Crippen LogP) is 3.36. The molecule has 0 spiro atoms. The maximum atomic E-state index is 12.0. The second-order valence-electron chi connectivity index (χ2n) is 4.21. The third kappa shape index (κ3) is 3.20. The van der Waals surface area contributed by atoms with E-state index >= 15 is 0 Å². The van der Waals surface area contributed by atoms with Crippen molar-refractivity contribution in [2.45, 2.75) is 13.3 Å². The molecule has 1 heterocycles. The van der Waals surface area contributed by atoms with Gasteiger partial charge in [0.15, 0.2) is 5.78 Å². The first-order valence-electron chi connectivity index (χ1n) is 5.97. The Balaban J connectivity index is 1.97. The molecule has 0 bridgehead atoms. The van der Waals surface area contributed by atoms with E-state index in [1.165, 1.54) is 0 Å². The molecule has 0 aliphatic carbocycles. The number of ketones is 1. The van der Waals surface area contributed by atoms with Gasteiger partial charge in [-0.1, -0.05) is 24.6 Å². The summed E-state index contributed by atoms with van der Waals surface area (Å²) in [6.07, 6.45) is 6.82. The van der Waals surface area contributed by atoms with Crippen LogP contribution in [-0.2, 0) is 0 Å². The van der Waals surface area contributed by atoms with E-state index in [1.807, 2.05) is 12.4 Å². The van der Waals surface area contributed by atoms with Crippen molar-refractivity contribution in [1.29, 1.82) is 0 Å². The third-order valence-corrected chi connectivity index (χ3v) is 3.11. The highest BCUT2D eigenvalue weighted by Crippen LogP contribution is 2.12. The summed E-state index contributed by atoms with van der Waals surface area (Å²) in [6, 6.07) is 6.90. The van der Waals surface area contributed by atoms with Crippen LogP contribution in [0.1, 0.15) is 23.7 Å². The van der Waals surface area contributed by atoms with Gasteiger partial charge in [-0.2, -0.15) is 5.10 Å². The zero-order valence-corrected chi connectivity index (χ0v) is 11.0. The molecule has 0 fully saturated rings. The number of Topliss-reactive ketones (excluding diaryl/α,β-unsaturated/α-hetero) is 1. The highest BCUT2D eigenvalue weighted by Gasteiger charge is 2.12. The van der Waals surface area contributed by atoms with Crippen molar-refractivity contribution in [2.75, 3.05) is 6.54 Å². The second-order valence-corrected chi connectivity index (χ2v) is 4.64. The fourth-order valence-corrected chi connectivity index (χ4v) is 1.80. The molecular formula is C14H15ClN2O. The minimum Gasteiger partial charge on any atom is -0.292 e. The molecule has 1 aromatic rings. The highest BCUT2D eigenvalue weighted by molar-refractivity contribution is 6.30. The molecule has 0 saturated carbocycles. The van der Waals surface area contributed by atoms with E-state index in [1.54, 1.807) is 29.3 Å². The maximum absolute atomic E-state index is 12.0. The number of rotatable bonds is 4. The van der Waals surface area contributed by atoms with Crippen molar-refractivity contribution >= 4 is 23.6 Å². The first kappa shape index (κ1) is 12.8. The molecule has 94 valence electrons. The molecule has 3 nitrogen and oxygen atoms in total. The molecule has 2 rings (SSSR count). The van der Waals surface area contributed by atoms with Crippen LogP contribution in [0.3, 0.4) is 0 Å². The fourth-order valence-electron chi connectivity index (χ4n) is 1.68. The van der Waals surface area contributed by atoms with E-state index < -0.39 is 0 Å². The molecule has 1 atom stereocenters. The van der Waals surface area contributed by atoms with Gasteiger partial charge < -0.3 is 0 Å². The van der Waals surface area contributed by atoms with Gasteiger partial charge in [0.05, 0.1) is 0 Å². The summed E-state index contributed by atoms with van der Waals surface area (Å²) in [5.41, 5.74) is 0.653. The second kappa shape index (κ2) is 5.83. The molecule has 0 radical (unpaired) electrons. The Hall–Kier alpha value is -1.61. The standard InChI is InChI=1S/C14H15ClN2O/c1-2-11-7-8-17(16-9-11)10-14(18)12-3-5-13(15)6-4-12/h3-9,11H,2,10H2,1H3/t11-/m0/s1. The molecule has 0 amide bonds. The van der Waals surface area contributed by atoms with Crippen molar-refractivity contribution in [1.82, 2.24) is 5.01 Å². The van der Waals surface area contributed by atoms with Crippen molar-refractivity contribution in [3.05, 3.63) is 47.1 Å².